The fourth-order valence-electron chi connectivity index (χ4n) is 2.74. The summed E-state index contributed by atoms with van der Waals surface area (Å²) in [4.78, 5) is 24.2. The summed E-state index contributed by atoms with van der Waals surface area (Å²) in [6, 6.07) is 4.30. The smallest absolute Gasteiger partial charge is 0.300 e. The number of carbonyl (C=O) groups excluding carboxylic acids is 1. The van der Waals surface area contributed by atoms with Crippen LogP contribution >= 0.6 is 11.6 Å². The molecule has 21 heavy (non-hydrogen) atoms. The maximum Gasteiger partial charge on any atom is 0.300 e. The van der Waals surface area contributed by atoms with Gasteiger partial charge >= 0.3 is 5.69 Å². The number of aliphatic hydroxyl groups excluding tert-OH is 1. The van der Waals surface area contributed by atoms with E-state index in [2.05, 4.69) is 0 Å². The Bertz CT molecular complexity index is 564. The molecule has 2 unspecified atom stereocenters. The Kier molecular flexibility index (Phi) is 4.80. The number of para-hydroxylation sites is 1. The van der Waals surface area contributed by atoms with Crippen LogP contribution in [0.1, 0.15) is 29.6 Å². The normalized spacial score (nSPS) is 21.3. The van der Waals surface area contributed by atoms with Crippen molar-refractivity contribution < 1.29 is 14.8 Å². The van der Waals surface area contributed by atoms with E-state index in [0.29, 0.717) is 6.54 Å². The number of nitro groups is 1. The molecule has 1 fully saturated rings. The van der Waals surface area contributed by atoms with Crippen LogP contribution in [-0.4, -0.2) is 40.5 Å². The van der Waals surface area contributed by atoms with Gasteiger partial charge in [-0.25, -0.2) is 0 Å². The van der Waals surface area contributed by atoms with Crippen molar-refractivity contribution in [3.05, 3.63) is 38.9 Å². The molecule has 2 rings (SSSR count). The highest BCUT2D eigenvalue weighted by atomic mass is 35.5. The molecule has 1 amide bonds. The molecule has 1 aromatic carbocycles. The molecule has 0 aliphatic heterocycles. The van der Waals surface area contributed by atoms with E-state index in [0.717, 1.165) is 19.3 Å². The Morgan fingerprint density at radius 1 is 1.52 bits per heavy atom. The van der Waals surface area contributed by atoms with Gasteiger partial charge in [-0.05, 0) is 25.0 Å². The molecule has 114 valence electrons. The molecule has 1 saturated carbocycles. The monoisotopic (exact) mass is 312 g/mol. The first-order chi connectivity index (χ1) is 9.91. The molecule has 0 spiro atoms. The molecule has 7 heteroatoms. The summed E-state index contributed by atoms with van der Waals surface area (Å²) in [5, 5.41) is 20.8. The van der Waals surface area contributed by atoms with Crippen LogP contribution in [0.3, 0.4) is 0 Å². The minimum absolute atomic E-state index is 0.0252. The van der Waals surface area contributed by atoms with Gasteiger partial charge in [0.2, 0.25) is 0 Å². The van der Waals surface area contributed by atoms with Crippen molar-refractivity contribution in [1.82, 2.24) is 4.90 Å². The molecule has 1 aromatic rings. The van der Waals surface area contributed by atoms with Gasteiger partial charge in [0.1, 0.15) is 10.6 Å². The van der Waals surface area contributed by atoms with Crippen LogP contribution < -0.4 is 0 Å². The molecule has 0 saturated heterocycles. The van der Waals surface area contributed by atoms with Gasteiger partial charge in [0.05, 0.1) is 11.0 Å². The predicted octanol–water partition coefficient (Wildman–Crippen LogP) is 2.48. The molecule has 2 atom stereocenters. The third-order valence-corrected chi connectivity index (χ3v) is 4.18. The fourth-order valence-corrected chi connectivity index (χ4v) is 2.99. The first-order valence-corrected chi connectivity index (χ1v) is 7.16. The van der Waals surface area contributed by atoms with Gasteiger partial charge in [0.25, 0.3) is 5.91 Å². The highest BCUT2D eigenvalue weighted by molar-refractivity contribution is 6.33. The zero-order chi connectivity index (χ0) is 15.6. The van der Waals surface area contributed by atoms with Crippen molar-refractivity contribution in [1.29, 1.82) is 0 Å². The van der Waals surface area contributed by atoms with E-state index in [-0.39, 0.29) is 22.2 Å². The Morgan fingerprint density at radius 3 is 2.81 bits per heavy atom. The lowest BCUT2D eigenvalue weighted by Crippen LogP contribution is -2.34. The van der Waals surface area contributed by atoms with Crippen molar-refractivity contribution in [2.45, 2.75) is 25.4 Å². The maximum atomic E-state index is 12.4. The van der Waals surface area contributed by atoms with Gasteiger partial charge in [-0.15, -0.1) is 0 Å². The largest absolute Gasteiger partial charge is 0.393 e. The van der Waals surface area contributed by atoms with E-state index in [1.54, 1.807) is 7.05 Å². The second kappa shape index (κ2) is 6.41. The van der Waals surface area contributed by atoms with Crippen molar-refractivity contribution >= 4 is 23.2 Å². The van der Waals surface area contributed by atoms with E-state index >= 15 is 0 Å². The Morgan fingerprint density at radius 2 is 2.24 bits per heavy atom. The van der Waals surface area contributed by atoms with Crippen molar-refractivity contribution in [3.63, 3.8) is 0 Å². The van der Waals surface area contributed by atoms with Gasteiger partial charge < -0.3 is 10.0 Å². The standard InChI is InChI=1S/C14H17ClN2O4/c1-16(8-9-4-2-7-12(9)18)14(19)10-5-3-6-11(15)13(10)17(20)21/h3,5-6,9,12,18H,2,4,7-8H2,1H3. The summed E-state index contributed by atoms with van der Waals surface area (Å²) < 4.78 is 0. The third kappa shape index (κ3) is 3.33. The zero-order valence-electron chi connectivity index (χ0n) is 11.7. The van der Waals surface area contributed by atoms with Crippen LogP contribution in [0.25, 0.3) is 0 Å². The van der Waals surface area contributed by atoms with Gasteiger partial charge in [0, 0.05) is 19.5 Å². The molecule has 1 N–H and O–H groups in total. The summed E-state index contributed by atoms with van der Waals surface area (Å²) in [5.41, 5.74) is -0.398. The number of hydrogen-bond donors (Lipinski definition) is 1. The van der Waals surface area contributed by atoms with E-state index in [1.165, 1.54) is 23.1 Å². The summed E-state index contributed by atoms with van der Waals surface area (Å²) >= 11 is 5.81. The molecular formula is C14H17ClN2O4. The third-order valence-electron chi connectivity index (χ3n) is 3.87. The Hall–Kier alpha value is -1.66. The molecular weight excluding hydrogens is 296 g/mol. The van der Waals surface area contributed by atoms with Crippen LogP contribution in [0.15, 0.2) is 18.2 Å². The number of benzene rings is 1. The molecule has 0 bridgehead atoms. The fraction of sp³-hybridized carbons (Fsp3) is 0.500. The molecule has 0 aromatic heterocycles. The Labute approximate surface area is 127 Å². The van der Waals surface area contributed by atoms with Crippen LogP contribution in [0.2, 0.25) is 5.02 Å². The minimum atomic E-state index is -0.645. The zero-order valence-corrected chi connectivity index (χ0v) is 12.4. The molecule has 1 aliphatic carbocycles. The van der Waals surface area contributed by atoms with Crippen molar-refractivity contribution in [2.75, 3.05) is 13.6 Å². The highest BCUT2D eigenvalue weighted by Gasteiger charge is 2.30. The van der Waals surface area contributed by atoms with Gasteiger partial charge in [-0.3, -0.25) is 14.9 Å². The summed E-state index contributed by atoms with van der Waals surface area (Å²) in [6.45, 7) is 0.379. The molecule has 0 radical (unpaired) electrons. The number of hydrogen-bond acceptors (Lipinski definition) is 4. The number of amides is 1. The average Bonchev–Trinajstić information content (AvgIpc) is 2.82. The number of nitro benzene ring substituents is 1. The topological polar surface area (TPSA) is 83.7 Å². The van der Waals surface area contributed by atoms with E-state index in [9.17, 15) is 20.0 Å². The predicted molar refractivity (Wildman–Crippen MR) is 78.4 cm³/mol. The van der Waals surface area contributed by atoms with Crippen LogP contribution in [0, 0.1) is 16.0 Å². The average molecular weight is 313 g/mol. The Balaban J connectivity index is 2.19. The van der Waals surface area contributed by atoms with Crippen LogP contribution in [-0.2, 0) is 0 Å². The summed E-state index contributed by atoms with van der Waals surface area (Å²) in [6.07, 6.45) is 2.13. The minimum Gasteiger partial charge on any atom is -0.393 e. The number of aliphatic hydroxyl groups is 1. The molecule has 6 nitrogen and oxygen atoms in total. The second-order valence-corrected chi connectivity index (χ2v) is 5.74. The first kappa shape index (κ1) is 15.7. The van der Waals surface area contributed by atoms with Crippen molar-refractivity contribution in [2.24, 2.45) is 5.92 Å². The summed E-state index contributed by atoms with van der Waals surface area (Å²) in [7, 11) is 1.58. The van der Waals surface area contributed by atoms with Crippen LogP contribution in [0.5, 0.6) is 0 Å². The highest BCUT2D eigenvalue weighted by Crippen LogP contribution is 2.30. The maximum absolute atomic E-state index is 12.4. The lowest BCUT2D eigenvalue weighted by atomic mass is 10.0. The molecule has 0 heterocycles. The van der Waals surface area contributed by atoms with Crippen molar-refractivity contribution in [3.8, 4) is 0 Å². The molecule has 1 aliphatic rings. The van der Waals surface area contributed by atoms with Gasteiger partial charge in [0.15, 0.2) is 0 Å². The van der Waals surface area contributed by atoms with Gasteiger partial charge in [-0.1, -0.05) is 24.1 Å². The quantitative estimate of drug-likeness (QED) is 0.684. The lowest BCUT2D eigenvalue weighted by Gasteiger charge is -2.23. The van der Waals surface area contributed by atoms with E-state index in [4.69, 9.17) is 11.6 Å². The lowest BCUT2D eigenvalue weighted by molar-refractivity contribution is -0.385. The van der Waals surface area contributed by atoms with Crippen LogP contribution in [0.4, 0.5) is 5.69 Å². The second-order valence-electron chi connectivity index (χ2n) is 5.34. The number of rotatable bonds is 4. The van der Waals surface area contributed by atoms with E-state index in [1.807, 2.05) is 0 Å². The number of halogens is 1. The number of carbonyl (C=O) groups is 1. The summed E-state index contributed by atoms with van der Waals surface area (Å²) in [5.74, 6) is -0.430. The van der Waals surface area contributed by atoms with Gasteiger partial charge in [-0.2, -0.15) is 0 Å². The number of nitrogens with zero attached hydrogens (tertiary/aromatic N) is 2. The van der Waals surface area contributed by atoms with E-state index < -0.39 is 16.9 Å². The first-order valence-electron chi connectivity index (χ1n) is 6.78. The SMILES string of the molecule is CN(CC1CCCC1O)C(=O)c1cccc(Cl)c1[N+](=O)[O-].